The summed E-state index contributed by atoms with van der Waals surface area (Å²) >= 11 is 0. The van der Waals surface area contributed by atoms with Crippen LogP contribution in [0.25, 0.3) is 0 Å². The summed E-state index contributed by atoms with van der Waals surface area (Å²) < 4.78 is 0. The van der Waals surface area contributed by atoms with E-state index in [1.165, 1.54) is 6.42 Å². The summed E-state index contributed by atoms with van der Waals surface area (Å²) in [6.45, 7) is 17.4. The van der Waals surface area contributed by atoms with Crippen LogP contribution in [0.3, 0.4) is 0 Å². The van der Waals surface area contributed by atoms with E-state index in [2.05, 4.69) is 46.2 Å². The van der Waals surface area contributed by atoms with Crippen molar-refractivity contribution >= 4 is 16.1 Å². The molecular formula is C9H24Si2. The summed E-state index contributed by atoms with van der Waals surface area (Å²) in [4.78, 5) is 0. The maximum Gasteiger partial charge on any atom is 0.0447 e. The third-order valence-corrected chi connectivity index (χ3v) is 12.7. The van der Waals surface area contributed by atoms with Gasteiger partial charge in [-0.05, 0) is 0 Å². The molecule has 0 spiro atoms. The molecule has 0 heterocycles. The van der Waals surface area contributed by atoms with Crippen molar-refractivity contribution in [1.82, 2.24) is 0 Å². The van der Waals surface area contributed by atoms with Crippen LogP contribution >= 0.6 is 0 Å². The van der Waals surface area contributed by atoms with E-state index < -0.39 is 16.1 Å². The molecule has 0 nitrogen and oxygen atoms in total. The van der Waals surface area contributed by atoms with Crippen LogP contribution in [0.1, 0.15) is 13.3 Å². The van der Waals surface area contributed by atoms with Gasteiger partial charge in [-0.1, -0.05) is 57.8 Å². The standard InChI is InChI=1S/C9H24Si2/c1-8-9(10(2,3)4)11(5,6)7/h9H,8H2,1-7H3. The topological polar surface area (TPSA) is 0 Å². The molecule has 0 amide bonds. The predicted octanol–water partition coefficient (Wildman–Crippen LogP) is 3.98. The molecule has 0 aromatic carbocycles. The SMILES string of the molecule is CCC([Si](C)(C)C)[Si](C)(C)C. The highest BCUT2D eigenvalue weighted by molar-refractivity contribution is 6.96. The summed E-state index contributed by atoms with van der Waals surface area (Å²) in [7, 11) is -1.72. The first kappa shape index (κ1) is 11.4. The van der Waals surface area contributed by atoms with Crippen LogP contribution in [0.2, 0.25) is 44.4 Å². The average molecular weight is 188 g/mol. The van der Waals surface area contributed by atoms with Crippen LogP contribution in [-0.4, -0.2) is 16.1 Å². The normalized spacial score (nSPS) is 14.2. The van der Waals surface area contributed by atoms with Crippen molar-refractivity contribution in [3.8, 4) is 0 Å². The van der Waals surface area contributed by atoms with Crippen molar-refractivity contribution < 1.29 is 0 Å². The van der Waals surface area contributed by atoms with Crippen LogP contribution in [0.15, 0.2) is 0 Å². The third-order valence-electron chi connectivity index (χ3n) is 2.50. The van der Waals surface area contributed by atoms with E-state index in [1.54, 1.807) is 0 Å². The lowest BCUT2D eigenvalue weighted by molar-refractivity contribution is 0.949. The quantitative estimate of drug-likeness (QED) is 0.588. The van der Waals surface area contributed by atoms with E-state index >= 15 is 0 Å². The molecule has 11 heavy (non-hydrogen) atoms. The van der Waals surface area contributed by atoms with Gasteiger partial charge in [-0.15, -0.1) is 0 Å². The highest BCUT2D eigenvalue weighted by Gasteiger charge is 2.35. The number of hydrogen-bond donors (Lipinski definition) is 0. The fraction of sp³-hybridized carbons (Fsp3) is 1.00. The Hall–Kier alpha value is 0.434. The van der Waals surface area contributed by atoms with Crippen LogP contribution in [0, 0.1) is 0 Å². The molecule has 2 heteroatoms. The lowest BCUT2D eigenvalue weighted by atomic mass is 10.6. The van der Waals surface area contributed by atoms with Crippen LogP contribution in [-0.2, 0) is 0 Å². The minimum Gasteiger partial charge on any atom is -0.0696 e. The predicted molar refractivity (Wildman–Crippen MR) is 60.7 cm³/mol. The van der Waals surface area contributed by atoms with Gasteiger partial charge in [-0.3, -0.25) is 0 Å². The van der Waals surface area contributed by atoms with Crippen molar-refractivity contribution in [2.24, 2.45) is 0 Å². The van der Waals surface area contributed by atoms with Crippen molar-refractivity contribution in [1.29, 1.82) is 0 Å². The highest BCUT2D eigenvalue weighted by atomic mass is 28.4. The van der Waals surface area contributed by atoms with Crippen molar-refractivity contribution in [3.05, 3.63) is 0 Å². The molecule has 0 atom stereocenters. The number of rotatable bonds is 3. The van der Waals surface area contributed by atoms with E-state index in [0.717, 1.165) is 5.16 Å². The molecule has 0 aromatic heterocycles. The summed E-state index contributed by atoms with van der Waals surface area (Å²) in [5.41, 5.74) is 0. The lowest BCUT2D eigenvalue weighted by Gasteiger charge is -2.37. The second-order valence-electron chi connectivity index (χ2n) is 5.69. The Balaban J connectivity index is 4.43. The Morgan fingerprint density at radius 1 is 0.818 bits per heavy atom. The Morgan fingerprint density at radius 2 is 1.09 bits per heavy atom. The van der Waals surface area contributed by atoms with Gasteiger partial charge >= 0.3 is 0 Å². The molecule has 0 unspecified atom stereocenters. The molecule has 0 radical (unpaired) electrons. The van der Waals surface area contributed by atoms with E-state index in [-0.39, 0.29) is 0 Å². The van der Waals surface area contributed by atoms with Gasteiger partial charge in [0, 0.05) is 16.1 Å². The van der Waals surface area contributed by atoms with Crippen LogP contribution in [0.5, 0.6) is 0 Å². The van der Waals surface area contributed by atoms with Crippen LogP contribution in [0.4, 0.5) is 0 Å². The Morgan fingerprint density at radius 3 is 1.09 bits per heavy atom. The van der Waals surface area contributed by atoms with E-state index in [1.807, 2.05) is 0 Å². The van der Waals surface area contributed by atoms with Gasteiger partial charge in [-0.2, -0.15) is 0 Å². The Labute approximate surface area is 74.4 Å². The van der Waals surface area contributed by atoms with Crippen molar-refractivity contribution in [2.45, 2.75) is 57.8 Å². The van der Waals surface area contributed by atoms with Crippen molar-refractivity contribution in [2.75, 3.05) is 0 Å². The molecule has 0 aliphatic heterocycles. The molecular weight excluding hydrogens is 164 g/mol. The molecule has 0 saturated heterocycles. The first-order valence-electron chi connectivity index (χ1n) is 4.69. The highest BCUT2D eigenvalue weighted by Crippen LogP contribution is 2.34. The van der Waals surface area contributed by atoms with Gasteiger partial charge in [-0.25, -0.2) is 0 Å². The Bertz CT molecular complexity index is 103. The fourth-order valence-electron chi connectivity index (χ4n) is 2.52. The number of hydrogen-bond acceptors (Lipinski definition) is 0. The zero-order valence-electron chi connectivity index (χ0n) is 9.28. The largest absolute Gasteiger partial charge is 0.0696 e. The fourth-order valence-corrected chi connectivity index (χ4v) is 15.4. The molecule has 0 saturated carbocycles. The van der Waals surface area contributed by atoms with E-state index in [4.69, 9.17) is 0 Å². The molecule has 0 bridgehead atoms. The van der Waals surface area contributed by atoms with Gasteiger partial charge in [0.2, 0.25) is 0 Å². The van der Waals surface area contributed by atoms with E-state index in [0.29, 0.717) is 0 Å². The van der Waals surface area contributed by atoms with Crippen LogP contribution < -0.4 is 0 Å². The zero-order valence-corrected chi connectivity index (χ0v) is 11.3. The zero-order chi connectivity index (χ0) is 9.28. The maximum atomic E-state index is 2.51. The minimum absolute atomic E-state index is 0.860. The molecule has 0 aliphatic rings. The smallest absolute Gasteiger partial charge is 0.0447 e. The molecule has 0 rings (SSSR count). The maximum absolute atomic E-state index is 2.51. The molecule has 0 aromatic rings. The molecule has 68 valence electrons. The monoisotopic (exact) mass is 188 g/mol. The molecule has 0 N–H and O–H groups in total. The first-order valence-corrected chi connectivity index (χ1v) is 11.8. The second-order valence-corrected chi connectivity index (χ2v) is 17.1. The summed E-state index contributed by atoms with van der Waals surface area (Å²) in [5, 5.41) is 1.09. The summed E-state index contributed by atoms with van der Waals surface area (Å²) in [5.74, 6) is 0. The van der Waals surface area contributed by atoms with Gasteiger partial charge in [0.25, 0.3) is 0 Å². The van der Waals surface area contributed by atoms with Gasteiger partial charge in [0.15, 0.2) is 0 Å². The van der Waals surface area contributed by atoms with E-state index in [9.17, 15) is 0 Å². The lowest BCUT2D eigenvalue weighted by Crippen LogP contribution is -2.43. The molecule has 0 aliphatic carbocycles. The van der Waals surface area contributed by atoms with Gasteiger partial charge in [0.05, 0.1) is 0 Å². The van der Waals surface area contributed by atoms with Crippen molar-refractivity contribution in [3.63, 3.8) is 0 Å². The first-order chi connectivity index (χ1) is 4.69. The third kappa shape index (κ3) is 3.56. The summed E-state index contributed by atoms with van der Waals surface area (Å²) in [6, 6.07) is 0. The molecule has 0 fully saturated rings. The Kier molecular flexibility index (Phi) is 3.57. The van der Waals surface area contributed by atoms with Gasteiger partial charge in [0.1, 0.15) is 0 Å². The summed E-state index contributed by atoms with van der Waals surface area (Å²) in [6.07, 6.45) is 1.41. The minimum atomic E-state index is -0.860. The van der Waals surface area contributed by atoms with Gasteiger partial charge < -0.3 is 0 Å². The average Bonchev–Trinajstić information content (AvgIpc) is 1.56. The second kappa shape index (κ2) is 3.44.